The second-order valence-corrected chi connectivity index (χ2v) is 6.61. The molecule has 1 heterocycles. The number of rotatable bonds is 6. The third-order valence-corrected chi connectivity index (χ3v) is 4.68. The predicted molar refractivity (Wildman–Crippen MR) is 94.9 cm³/mol. The molecule has 1 aliphatic heterocycles. The van der Waals surface area contributed by atoms with Crippen LogP contribution in [0, 0.1) is 0 Å². The highest BCUT2D eigenvalue weighted by Crippen LogP contribution is 2.31. The lowest BCUT2D eigenvalue weighted by Gasteiger charge is -2.29. The number of benzene rings is 1. The number of amides is 2. The molecule has 0 spiro atoms. The zero-order chi connectivity index (χ0) is 18.4. The molecule has 26 heavy (non-hydrogen) atoms. The minimum absolute atomic E-state index is 0.0246. The zero-order valence-electron chi connectivity index (χ0n) is 14.7. The summed E-state index contributed by atoms with van der Waals surface area (Å²) in [6.45, 7) is -0.124. The van der Waals surface area contributed by atoms with Crippen LogP contribution in [0.4, 0.5) is 5.69 Å². The zero-order valence-corrected chi connectivity index (χ0v) is 14.7. The van der Waals surface area contributed by atoms with Crippen molar-refractivity contribution in [1.29, 1.82) is 0 Å². The van der Waals surface area contributed by atoms with Crippen molar-refractivity contribution in [2.75, 3.05) is 24.7 Å². The van der Waals surface area contributed by atoms with Crippen LogP contribution >= 0.6 is 0 Å². The van der Waals surface area contributed by atoms with Crippen LogP contribution in [0.25, 0.3) is 0 Å². The largest absolute Gasteiger partial charge is 0.482 e. The third kappa shape index (κ3) is 4.74. The van der Waals surface area contributed by atoms with E-state index in [9.17, 15) is 14.4 Å². The van der Waals surface area contributed by atoms with Crippen LogP contribution in [-0.4, -0.2) is 43.6 Å². The van der Waals surface area contributed by atoms with Crippen molar-refractivity contribution >= 4 is 23.5 Å². The van der Waals surface area contributed by atoms with E-state index in [1.54, 1.807) is 12.1 Å². The maximum Gasteiger partial charge on any atom is 0.308 e. The van der Waals surface area contributed by atoms with E-state index in [1.807, 2.05) is 12.1 Å². The van der Waals surface area contributed by atoms with Crippen LogP contribution in [0.2, 0.25) is 0 Å². The number of fused-ring (bicyclic) bond motifs is 1. The molecule has 7 heteroatoms. The predicted octanol–water partition coefficient (Wildman–Crippen LogP) is 1.79. The molecule has 3 rings (SSSR count). The maximum absolute atomic E-state index is 12.0. The van der Waals surface area contributed by atoms with Gasteiger partial charge in [0.2, 0.25) is 0 Å². The van der Waals surface area contributed by atoms with Gasteiger partial charge in [-0.1, -0.05) is 31.4 Å². The topological polar surface area (TPSA) is 84.9 Å². The lowest BCUT2D eigenvalue weighted by molar-refractivity contribution is -0.148. The number of anilines is 1. The Morgan fingerprint density at radius 2 is 1.96 bits per heavy atom. The Bertz CT molecular complexity index is 670. The van der Waals surface area contributed by atoms with E-state index in [0.717, 1.165) is 25.7 Å². The minimum atomic E-state index is -0.499. The van der Waals surface area contributed by atoms with Crippen LogP contribution in [0.15, 0.2) is 24.3 Å². The van der Waals surface area contributed by atoms with E-state index in [0.29, 0.717) is 11.4 Å². The molecule has 0 bridgehead atoms. The number of ether oxygens (including phenoxy) is 2. The Balaban J connectivity index is 1.42. The summed E-state index contributed by atoms with van der Waals surface area (Å²) in [6, 6.07) is 7.38. The van der Waals surface area contributed by atoms with Gasteiger partial charge in [0.1, 0.15) is 5.75 Å². The quantitative estimate of drug-likeness (QED) is 0.782. The van der Waals surface area contributed by atoms with Crippen molar-refractivity contribution in [3.8, 4) is 5.75 Å². The molecule has 1 N–H and O–H groups in total. The molecule has 0 aromatic heterocycles. The van der Waals surface area contributed by atoms with Crippen molar-refractivity contribution in [1.82, 2.24) is 5.32 Å². The van der Waals surface area contributed by atoms with Gasteiger partial charge < -0.3 is 19.7 Å². The number of carbonyl (C=O) groups excluding carboxylic acids is 3. The number of nitrogens with one attached hydrogen (secondary N) is 1. The summed E-state index contributed by atoms with van der Waals surface area (Å²) < 4.78 is 10.4. The first kappa shape index (κ1) is 18.2. The van der Waals surface area contributed by atoms with Gasteiger partial charge in [-0.05, 0) is 25.0 Å². The third-order valence-electron chi connectivity index (χ3n) is 4.68. The van der Waals surface area contributed by atoms with Gasteiger partial charge in [-0.15, -0.1) is 0 Å². The average Bonchev–Trinajstić information content (AvgIpc) is 2.66. The molecule has 140 valence electrons. The Kier molecular flexibility index (Phi) is 6.09. The summed E-state index contributed by atoms with van der Waals surface area (Å²) in [5.74, 6) is -0.350. The summed E-state index contributed by atoms with van der Waals surface area (Å²) in [6.07, 6.45) is 5.46. The fourth-order valence-electron chi connectivity index (χ4n) is 3.34. The summed E-state index contributed by atoms with van der Waals surface area (Å²) >= 11 is 0. The molecule has 0 saturated heterocycles. The monoisotopic (exact) mass is 360 g/mol. The number of para-hydroxylation sites is 2. The molecular weight excluding hydrogens is 336 g/mol. The van der Waals surface area contributed by atoms with E-state index in [-0.39, 0.29) is 44.0 Å². The van der Waals surface area contributed by atoms with Gasteiger partial charge in [-0.3, -0.25) is 14.4 Å². The van der Waals surface area contributed by atoms with Gasteiger partial charge in [0.15, 0.2) is 13.2 Å². The SMILES string of the molecule is O=C(COC(=O)CCN1C(=O)COc2ccccc21)NC1CCCCC1. The first-order valence-corrected chi connectivity index (χ1v) is 9.10. The van der Waals surface area contributed by atoms with Crippen LogP contribution in [0.3, 0.4) is 0 Å². The molecule has 1 saturated carbocycles. The first-order chi connectivity index (χ1) is 12.6. The van der Waals surface area contributed by atoms with Crippen LogP contribution in [-0.2, 0) is 19.1 Å². The smallest absolute Gasteiger partial charge is 0.308 e. The summed E-state index contributed by atoms with van der Waals surface area (Å²) in [7, 11) is 0. The van der Waals surface area contributed by atoms with E-state index in [4.69, 9.17) is 9.47 Å². The lowest BCUT2D eigenvalue weighted by Crippen LogP contribution is -2.40. The summed E-state index contributed by atoms with van der Waals surface area (Å²) in [5, 5.41) is 2.90. The normalized spacial score (nSPS) is 17.2. The van der Waals surface area contributed by atoms with E-state index in [1.165, 1.54) is 11.3 Å². The van der Waals surface area contributed by atoms with E-state index < -0.39 is 5.97 Å². The molecule has 0 radical (unpaired) electrons. The first-order valence-electron chi connectivity index (χ1n) is 9.10. The van der Waals surface area contributed by atoms with Gasteiger partial charge in [0, 0.05) is 12.6 Å². The van der Waals surface area contributed by atoms with Crippen LogP contribution in [0.1, 0.15) is 38.5 Å². The van der Waals surface area contributed by atoms with Gasteiger partial charge in [-0.25, -0.2) is 0 Å². The molecule has 0 atom stereocenters. The average molecular weight is 360 g/mol. The summed E-state index contributed by atoms with van der Waals surface area (Å²) in [4.78, 5) is 37.4. The Hall–Kier alpha value is -2.57. The maximum atomic E-state index is 12.0. The lowest BCUT2D eigenvalue weighted by atomic mass is 9.95. The van der Waals surface area contributed by atoms with Crippen molar-refractivity contribution in [3.05, 3.63) is 24.3 Å². The highest BCUT2D eigenvalue weighted by Gasteiger charge is 2.25. The number of nitrogens with zero attached hydrogens (tertiary/aromatic N) is 1. The van der Waals surface area contributed by atoms with Gasteiger partial charge in [-0.2, -0.15) is 0 Å². The fourth-order valence-corrected chi connectivity index (χ4v) is 3.34. The molecule has 2 amide bonds. The van der Waals surface area contributed by atoms with E-state index in [2.05, 4.69) is 5.32 Å². The van der Waals surface area contributed by atoms with Crippen molar-refractivity contribution in [2.24, 2.45) is 0 Å². The number of esters is 1. The summed E-state index contributed by atoms with van der Waals surface area (Å²) in [5.41, 5.74) is 0.645. The van der Waals surface area contributed by atoms with Crippen molar-refractivity contribution in [2.45, 2.75) is 44.6 Å². The minimum Gasteiger partial charge on any atom is -0.482 e. The van der Waals surface area contributed by atoms with Gasteiger partial charge >= 0.3 is 5.97 Å². The molecule has 1 aliphatic carbocycles. The second kappa shape index (κ2) is 8.69. The Morgan fingerprint density at radius 1 is 1.19 bits per heavy atom. The second-order valence-electron chi connectivity index (χ2n) is 6.61. The van der Waals surface area contributed by atoms with Crippen molar-refractivity contribution < 1.29 is 23.9 Å². The van der Waals surface area contributed by atoms with Crippen molar-refractivity contribution in [3.63, 3.8) is 0 Å². The Labute approximate surface area is 152 Å². The molecule has 2 aliphatic rings. The fraction of sp³-hybridized carbons (Fsp3) is 0.526. The van der Waals surface area contributed by atoms with Crippen LogP contribution < -0.4 is 15.0 Å². The van der Waals surface area contributed by atoms with Crippen LogP contribution in [0.5, 0.6) is 5.75 Å². The van der Waals surface area contributed by atoms with Gasteiger partial charge in [0.25, 0.3) is 11.8 Å². The molecule has 1 aromatic carbocycles. The number of hydrogen-bond donors (Lipinski definition) is 1. The highest BCUT2D eigenvalue weighted by molar-refractivity contribution is 5.98. The molecule has 1 fully saturated rings. The van der Waals surface area contributed by atoms with E-state index >= 15 is 0 Å². The molecule has 0 unspecified atom stereocenters. The Morgan fingerprint density at radius 3 is 2.77 bits per heavy atom. The van der Waals surface area contributed by atoms with Gasteiger partial charge in [0.05, 0.1) is 12.1 Å². The molecule has 1 aromatic rings. The highest BCUT2D eigenvalue weighted by atomic mass is 16.5. The molecular formula is C19H24N2O5. The molecule has 7 nitrogen and oxygen atoms in total. The standard InChI is InChI=1S/C19H24N2O5/c22-17(20-14-6-2-1-3-7-14)12-26-19(24)10-11-21-15-8-4-5-9-16(15)25-13-18(21)23/h4-5,8-9,14H,1-3,6-7,10-13H2,(H,20,22). The number of carbonyl (C=O) groups is 3. The number of hydrogen-bond acceptors (Lipinski definition) is 5.